The molecule has 7 heteroatoms. The summed E-state index contributed by atoms with van der Waals surface area (Å²) in [6.07, 6.45) is 2.42. The second-order valence-corrected chi connectivity index (χ2v) is 4.98. The molecule has 0 aliphatic carbocycles. The Morgan fingerprint density at radius 1 is 1.12 bits per heavy atom. The normalized spacial score (nSPS) is 11.0. The van der Waals surface area contributed by atoms with Crippen LogP contribution in [0.2, 0.25) is 0 Å². The van der Waals surface area contributed by atoms with Crippen molar-refractivity contribution in [1.82, 2.24) is 10.1 Å². The van der Waals surface area contributed by atoms with Gasteiger partial charge >= 0.3 is 5.97 Å². The number of rotatable bonds is 5. The van der Waals surface area contributed by atoms with E-state index in [1.807, 2.05) is 0 Å². The third-order valence-electron chi connectivity index (χ3n) is 3.21. The average molecular weight is 342 g/mol. The van der Waals surface area contributed by atoms with Gasteiger partial charge in [0.05, 0.1) is 0 Å². The minimum atomic E-state index is -0.676. The van der Waals surface area contributed by atoms with Crippen molar-refractivity contribution in [1.29, 1.82) is 0 Å². The zero-order valence-electron chi connectivity index (χ0n) is 12.9. The highest BCUT2D eigenvalue weighted by atomic mass is 19.1. The molecule has 0 aliphatic rings. The number of esters is 1. The SMILES string of the molecule is O=C(/C=C/c1ccccc1F)OCc1nc(-c2ccc(F)cc2)no1. The van der Waals surface area contributed by atoms with Gasteiger partial charge < -0.3 is 9.26 Å². The van der Waals surface area contributed by atoms with Gasteiger partial charge in [-0.3, -0.25) is 0 Å². The highest BCUT2D eigenvalue weighted by Crippen LogP contribution is 2.16. The van der Waals surface area contributed by atoms with E-state index in [0.717, 1.165) is 6.08 Å². The zero-order chi connectivity index (χ0) is 17.6. The number of ether oxygens (including phenoxy) is 1. The monoisotopic (exact) mass is 342 g/mol. The highest BCUT2D eigenvalue weighted by Gasteiger charge is 2.10. The van der Waals surface area contributed by atoms with Gasteiger partial charge in [0.15, 0.2) is 6.61 Å². The fourth-order valence-electron chi connectivity index (χ4n) is 1.98. The molecule has 0 fully saturated rings. The van der Waals surface area contributed by atoms with E-state index in [1.165, 1.54) is 42.5 Å². The summed E-state index contributed by atoms with van der Waals surface area (Å²) in [5.74, 6) is -1.14. The molecule has 5 nitrogen and oxygen atoms in total. The molecule has 0 aliphatic heterocycles. The van der Waals surface area contributed by atoms with Crippen molar-refractivity contribution in [2.24, 2.45) is 0 Å². The van der Waals surface area contributed by atoms with Crippen LogP contribution in [0.4, 0.5) is 8.78 Å². The van der Waals surface area contributed by atoms with Crippen LogP contribution in [0.15, 0.2) is 59.1 Å². The quantitative estimate of drug-likeness (QED) is 0.522. The van der Waals surface area contributed by atoms with Crippen molar-refractivity contribution >= 4 is 12.0 Å². The molecule has 0 amide bonds. The van der Waals surface area contributed by atoms with E-state index >= 15 is 0 Å². The van der Waals surface area contributed by atoms with Crippen LogP contribution >= 0.6 is 0 Å². The van der Waals surface area contributed by atoms with E-state index < -0.39 is 11.8 Å². The molecule has 25 heavy (non-hydrogen) atoms. The van der Waals surface area contributed by atoms with Crippen LogP contribution in [0.25, 0.3) is 17.5 Å². The summed E-state index contributed by atoms with van der Waals surface area (Å²) in [5.41, 5.74) is 0.845. The molecule has 0 saturated carbocycles. The Bertz CT molecular complexity index is 905. The molecule has 0 atom stereocenters. The fourth-order valence-corrected chi connectivity index (χ4v) is 1.98. The number of benzene rings is 2. The van der Waals surface area contributed by atoms with Crippen LogP contribution in [0.3, 0.4) is 0 Å². The van der Waals surface area contributed by atoms with Crippen molar-refractivity contribution in [2.75, 3.05) is 0 Å². The topological polar surface area (TPSA) is 65.2 Å². The second kappa shape index (κ2) is 7.48. The number of nitrogens with zero attached hydrogens (tertiary/aromatic N) is 2. The molecule has 0 unspecified atom stereocenters. The first-order valence-electron chi connectivity index (χ1n) is 7.30. The molecular weight excluding hydrogens is 330 g/mol. The molecule has 126 valence electrons. The summed E-state index contributed by atoms with van der Waals surface area (Å²) < 4.78 is 36.2. The third kappa shape index (κ3) is 4.35. The summed E-state index contributed by atoms with van der Waals surface area (Å²) in [7, 11) is 0. The standard InChI is InChI=1S/C18H12F2N2O3/c19-14-8-5-13(6-9-14)18-21-16(25-22-18)11-24-17(23)10-7-12-3-1-2-4-15(12)20/h1-10H,11H2/b10-7+. The van der Waals surface area contributed by atoms with Gasteiger partial charge in [-0.2, -0.15) is 4.98 Å². The number of aromatic nitrogens is 2. The Morgan fingerprint density at radius 2 is 1.88 bits per heavy atom. The van der Waals surface area contributed by atoms with Gasteiger partial charge in [0.1, 0.15) is 11.6 Å². The molecule has 1 heterocycles. The molecule has 2 aromatic carbocycles. The maximum atomic E-state index is 13.4. The van der Waals surface area contributed by atoms with Crippen LogP contribution in [-0.2, 0) is 16.1 Å². The number of hydrogen-bond donors (Lipinski definition) is 0. The maximum absolute atomic E-state index is 13.4. The van der Waals surface area contributed by atoms with Crippen LogP contribution in [0, 0.1) is 11.6 Å². The van der Waals surface area contributed by atoms with Gasteiger partial charge in [0.25, 0.3) is 5.89 Å². The molecule has 0 bridgehead atoms. The lowest BCUT2D eigenvalue weighted by molar-refractivity contribution is -0.139. The van der Waals surface area contributed by atoms with Crippen LogP contribution in [-0.4, -0.2) is 16.1 Å². The summed E-state index contributed by atoms with van der Waals surface area (Å²) in [5, 5.41) is 3.73. The van der Waals surface area contributed by atoms with Crippen molar-refractivity contribution in [3.8, 4) is 11.4 Å². The Kier molecular flexibility index (Phi) is 4.94. The van der Waals surface area contributed by atoms with Crippen molar-refractivity contribution < 1.29 is 22.8 Å². The first-order valence-corrected chi connectivity index (χ1v) is 7.30. The molecule has 3 rings (SSSR count). The second-order valence-electron chi connectivity index (χ2n) is 4.98. The largest absolute Gasteiger partial charge is 0.452 e. The highest BCUT2D eigenvalue weighted by molar-refractivity contribution is 5.87. The first kappa shape index (κ1) is 16.5. The van der Waals surface area contributed by atoms with E-state index in [9.17, 15) is 13.6 Å². The molecule has 0 N–H and O–H groups in total. The third-order valence-corrected chi connectivity index (χ3v) is 3.21. The molecule has 0 spiro atoms. The zero-order valence-corrected chi connectivity index (χ0v) is 12.9. The Balaban J connectivity index is 1.58. The van der Waals surface area contributed by atoms with Crippen LogP contribution in [0.1, 0.15) is 11.5 Å². The van der Waals surface area contributed by atoms with Gasteiger partial charge in [-0.25, -0.2) is 13.6 Å². The van der Waals surface area contributed by atoms with Crippen LogP contribution in [0.5, 0.6) is 0 Å². The number of carbonyl (C=O) groups excluding carboxylic acids is 1. The van der Waals surface area contributed by atoms with E-state index in [1.54, 1.807) is 12.1 Å². The van der Waals surface area contributed by atoms with E-state index in [0.29, 0.717) is 5.56 Å². The van der Waals surface area contributed by atoms with E-state index in [2.05, 4.69) is 10.1 Å². The summed E-state index contributed by atoms with van der Waals surface area (Å²) in [6.45, 7) is -0.228. The fraction of sp³-hybridized carbons (Fsp3) is 0.0556. The van der Waals surface area contributed by atoms with Crippen molar-refractivity contribution in [3.63, 3.8) is 0 Å². The molecule has 0 saturated heterocycles. The van der Waals surface area contributed by atoms with Gasteiger partial charge in [-0.05, 0) is 36.4 Å². The minimum Gasteiger partial charge on any atom is -0.452 e. The number of carbonyl (C=O) groups is 1. The predicted octanol–water partition coefficient (Wildman–Crippen LogP) is 3.77. The predicted molar refractivity (Wildman–Crippen MR) is 84.9 cm³/mol. The van der Waals surface area contributed by atoms with Crippen LogP contribution < -0.4 is 0 Å². The van der Waals surface area contributed by atoms with E-state index in [-0.39, 0.29) is 29.7 Å². The lowest BCUT2D eigenvalue weighted by Gasteiger charge is -1.97. The number of hydrogen-bond acceptors (Lipinski definition) is 5. The van der Waals surface area contributed by atoms with Gasteiger partial charge in [0.2, 0.25) is 5.82 Å². The summed E-state index contributed by atoms with van der Waals surface area (Å²) >= 11 is 0. The molecule has 1 aromatic heterocycles. The molecule has 3 aromatic rings. The van der Waals surface area contributed by atoms with Gasteiger partial charge in [-0.1, -0.05) is 23.4 Å². The van der Waals surface area contributed by atoms with Gasteiger partial charge in [-0.15, -0.1) is 0 Å². The Morgan fingerprint density at radius 3 is 2.64 bits per heavy atom. The average Bonchev–Trinajstić information content (AvgIpc) is 3.09. The molecular formula is C18H12F2N2O3. The summed E-state index contributed by atoms with van der Waals surface area (Å²) in [6, 6.07) is 11.6. The Labute approximate surface area is 141 Å². The maximum Gasteiger partial charge on any atom is 0.331 e. The lowest BCUT2D eigenvalue weighted by atomic mass is 10.2. The van der Waals surface area contributed by atoms with Gasteiger partial charge in [0, 0.05) is 17.2 Å². The smallest absolute Gasteiger partial charge is 0.331 e. The lowest BCUT2D eigenvalue weighted by Crippen LogP contribution is -2.01. The molecule has 0 radical (unpaired) electrons. The summed E-state index contributed by atoms with van der Waals surface area (Å²) in [4.78, 5) is 15.7. The van der Waals surface area contributed by atoms with Crippen molar-refractivity contribution in [2.45, 2.75) is 6.61 Å². The van der Waals surface area contributed by atoms with E-state index in [4.69, 9.17) is 9.26 Å². The Hall–Kier alpha value is -3.35. The first-order chi connectivity index (χ1) is 12.1. The number of halogens is 2. The minimum absolute atomic E-state index is 0.0898. The van der Waals surface area contributed by atoms with Crippen molar-refractivity contribution in [3.05, 3.63) is 77.7 Å².